The summed E-state index contributed by atoms with van der Waals surface area (Å²) in [6.07, 6.45) is 0.899. The summed E-state index contributed by atoms with van der Waals surface area (Å²) in [7, 11) is 3.28. The van der Waals surface area contributed by atoms with Crippen LogP contribution in [0.25, 0.3) is 22.5 Å². The molecule has 4 amide bonds. The Morgan fingerprint density at radius 3 is 1.40 bits per heavy atom. The Labute approximate surface area is 585 Å². The number of esters is 1. The van der Waals surface area contributed by atoms with Gasteiger partial charge in [-0.05, 0) is 75.6 Å². The number of hydrogen-bond acceptors (Lipinski definition) is 17. The number of pyridine rings is 2. The van der Waals surface area contributed by atoms with Crippen LogP contribution in [0.1, 0.15) is 98.4 Å². The van der Waals surface area contributed by atoms with Gasteiger partial charge in [0, 0.05) is 86.9 Å². The molecule has 0 fully saturated rings. The molecule has 0 bridgehead atoms. The zero-order chi connectivity index (χ0) is 70.2. The van der Waals surface area contributed by atoms with Crippen LogP contribution in [-0.4, -0.2) is 145 Å². The first-order valence-corrected chi connectivity index (χ1v) is 30.0. The van der Waals surface area contributed by atoms with E-state index >= 15 is 0 Å². The molecule has 0 aliphatic carbocycles. The number of rotatable bonds is 25. The van der Waals surface area contributed by atoms with Crippen molar-refractivity contribution < 1.29 is 89.4 Å². The SMILES string of the molecule is C.COC(=O)C[C@@H](C(=O)NC(Cc1ccccc1)[C@@H](O)CN(Cc1ccc(-c2ccccn2)cc1)NC(=O)[C@H](NC(=O)OC)C(C)(C)C)C(C)(C)C.COC(=O)N[C@H](C(=O)O)C(C)(C)C.NC(Cc1ccccc1)[C@@H](O)CN(N)Cc1ccc(-c2ccccn2)cc1.[3H]P[3H].[U]. The number of aromatic nitrogens is 2. The Morgan fingerprint density at radius 1 is 0.564 bits per heavy atom. The van der Waals surface area contributed by atoms with E-state index in [0.29, 0.717) is 19.5 Å². The molecule has 4 aromatic carbocycles. The number of benzene rings is 4. The molecule has 24 heteroatoms. The van der Waals surface area contributed by atoms with Crippen LogP contribution in [0.5, 0.6) is 0 Å². The van der Waals surface area contributed by atoms with Crippen LogP contribution in [0.3, 0.4) is 0 Å². The average molecular weight is 1550 g/mol. The van der Waals surface area contributed by atoms with Crippen LogP contribution in [-0.2, 0) is 59.3 Å². The van der Waals surface area contributed by atoms with Gasteiger partial charge in [-0.1, -0.05) is 191 Å². The van der Waals surface area contributed by atoms with Gasteiger partial charge in [0.05, 0.1) is 65.9 Å². The van der Waals surface area contributed by atoms with Gasteiger partial charge in [0.25, 0.3) is 5.91 Å². The van der Waals surface area contributed by atoms with Crippen molar-refractivity contribution in [1.82, 2.24) is 41.4 Å². The van der Waals surface area contributed by atoms with E-state index in [9.17, 15) is 39.0 Å². The Bertz CT molecular complexity index is 3210. The van der Waals surface area contributed by atoms with E-state index in [2.05, 4.69) is 36.1 Å². The van der Waals surface area contributed by atoms with E-state index in [4.69, 9.17) is 28.7 Å². The first-order chi connectivity index (χ1) is 44.3. The smallest absolute Gasteiger partial charge is 0.407 e. The molecule has 0 radical (unpaired) electrons. The number of ether oxygens (including phenoxy) is 3. The van der Waals surface area contributed by atoms with Crippen molar-refractivity contribution in [1.29, 1.82) is 2.56 Å². The third-order valence-electron chi connectivity index (χ3n) is 14.7. The van der Waals surface area contributed by atoms with Crippen molar-refractivity contribution in [3.8, 4) is 22.5 Å². The number of aliphatic carboxylic acids is 1. The summed E-state index contributed by atoms with van der Waals surface area (Å²) in [6, 6.07) is 43.6. The maximum Gasteiger partial charge on any atom is 0.407 e. The average Bonchev–Trinajstić information content (AvgIpc) is 0.878. The number of nitrogens with two attached hydrogens (primary N) is 2. The number of hydrogen-bond donors (Lipinski definition) is 9. The zero-order valence-electron chi connectivity index (χ0n) is 57.5. The molecule has 0 saturated carbocycles. The number of carbonyl (C=O) groups excluding carboxylic acids is 5. The van der Waals surface area contributed by atoms with Crippen LogP contribution in [0.2, 0.25) is 0 Å². The predicted molar refractivity (Wildman–Crippen MR) is 367 cm³/mol. The summed E-state index contributed by atoms with van der Waals surface area (Å²) in [4.78, 5) is 82.4. The molecule has 2 unspecified atom stereocenters. The molecule has 0 spiro atoms. The number of nitrogens with zero attached hydrogens (tertiary/aromatic N) is 4. The van der Waals surface area contributed by atoms with Gasteiger partial charge in [-0.25, -0.2) is 24.4 Å². The van der Waals surface area contributed by atoms with Gasteiger partial charge in [-0.2, -0.15) is 9.79 Å². The number of carbonyl (C=O) groups is 6. The van der Waals surface area contributed by atoms with Gasteiger partial charge in [0.15, 0.2) is 0 Å². The fraction of sp³-hybridized carbons (Fsp3) is 0.429. The summed E-state index contributed by atoms with van der Waals surface area (Å²) in [5.41, 5.74) is 14.8. The Morgan fingerprint density at radius 2 is 1.00 bits per heavy atom. The number of aliphatic hydroxyl groups excluding tert-OH is 2. The quantitative estimate of drug-likeness (QED) is 0.00852. The largest absolute Gasteiger partial charge is 0.480 e. The fourth-order valence-electron chi connectivity index (χ4n) is 9.42. The van der Waals surface area contributed by atoms with E-state index in [0.717, 1.165) is 44.8 Å². The number of amides is 4. The first kappa shape index (κ1) is 81.1. The molecule has 2 aromatic heterocycles. The first-order valence-electron chi connectivity index (χ1n) is 31.0. The van der Waals surface area contributed by atoms with Gasteiger partial charge < -0.3 is 51.2 Å². The molecule has 0 aliphatic rings. The number of carboxylic acid groups (broad SMARTS) is 1. The number of carboxylic acids is 1. The number of aliphatic hydroxyl groups is 2. The summed E-state index contributed by atoms with van der Waals surface area (Å²) in [5, 5.41) is 42.1. The molecule has 6 aromatic rings. The summed E-state index contributed by atoms with van der Waals surface area (Å²) in [5.74, 6) is 2.86. The van der Waals surface area contributed by atoms with Crippen molar-refractivity contribution >= 4 is 45.7 Å². The monoisotopic (exact) mass is 1550 g/mol. The maximum atomic E-state index is 13.8. The molecule has 512 valence electrons. The van der Waals surface area contributed by atoms with Crippen molar-refractivity contribution in [3.63, 3.8) is 0 Å². The summed E-state index contributed by atoms with van der Waals surface area (Å²) >= 11 is 0. The van der Waals surface area contributed by atoms with Crippen LogP contribution in [0.15, 0.2) is 158 Å². The summed E-state index contributed by atoms with van der Waals surface area (Å²) in [6.45, 7) is 17.2. The van der Waals surface area contributed by atoms with Gasteiger partial charge in [-0.15, -0.1) is 0 Å². The van der Waals surface area contributed by atoms with Gasteiger partial charge in [0.2, 0.25) is 5.91 Å². The molecule has 22 nitrogen and oxygen atoms in total. The normalized spacial score (nSPS) is 13.6. The second kappa shape index (κ2) is 41.6. The van der Waals surface area contributed by atoms with Crippen LogP contribution in [0, 0.1) is 53.3 Å². The minimum atomic E-state index is -1.19. The zero-order valence-corrected chi connectivity index (χ0v) is 60.6. The van der Waals surface area contributed by atoms with Gasteiger partial charge in [0.1, 0.15) is 12.1 Å². The molecule has 11 N–H and O–H groups in total. The third kappa shape index (κ3) is 30.1. The van der Waals surface area contributed by atoms with Crippen LogP contribution in [0.4, 0.5) is 9.59 Å². The van der Waals surface area contributed by atoms with Crippen molar-refractivity contribution in [2.24, 2.45) is 33.7 Å². The molecule has 6 rings (SSSR count). The Kier molecular flexibility index (Phi) is 35.9. The topological polar surface area (TPSA) is 323 Å². The van der Waals surface area contributed by atoms with E-state index < -0.39 is 98.2 Å². The molecular weight excluding hydrogens is 1440 g/mol. The van der Waals surface area contributed by atoms with E-state index in [1.54, 1.807) is 43.2 Å². The van der Waals surface area contributed by atoms with Crippen LogP contribution < -0.4 is 33.0 Å². The van der Waals surface area contributed by atoms with Crippen molar-refractivity contribution in [2.45, 2.75) is 138 Å². The second-order valence-electron chi connectivity index (χ2n) is 25.3. The third-order valence-corrected chi connectivity index (χ3v) is 14.7. The minimum absolute atomic E-state index is 0. The molecule has 0 saturated heterocycles. The summed E-state index contributed by atoms with van der Waals surface area (Å²) < 4.78 is 25.8. The molecule has 94 heavy (non-hydrogen) atoms. The minimum Gasteiger partial charge on any atom is -0.480 e. The predicted octanol–water partition coefficient (Wildman–Crippen LogP) is 8.56. The number of nitrogens with one attached hydrogen (secondary N) is 4. The fourth-order valence-corrected chi connectivity index (χ4v) is 9.42. The van der Waals surface area contributed by atoms with E-state index in [1.807, 2.05) is 187 Å². The number of hydrazine groups is 2. The second-order valence-corrected chi connectivity index (χ2v) is 25.3. The van der Waals surface area contributed by atoms with Crippen molar-refractivity contribution in [3.05, 3.63) is 180 Å². The standard InChI is InChI=1S/C39H53N5O7.C22H26N4O.C8H15NO4.CH4.H3P.U/c1-38(2,3)29(23-33(46)50-7)35(47)41-31(22-26-14-10-9-11-15-26)32(45)25-44(43-36(48)34(39(4,5)6)42-37(49)51-8)24-27-17-19-28(20-18-27)30-16-12-13-21-40-30;23-20(14-17-6-2-1-3-7-17)22(27)16-26(24)15-18-9-11-19(12-10-18)21-8-4-5-13-25-21;1-8(2,3)5(6(10)11)9-7(12)13-4;;;/h9-21,29,31-32,34,45H,22-25H2,1-8H3,(H,41,47)(H,42,49)(H,43,48);1-13,20,22,27H,14-16,23-24H2;5H,1-4H3,(H,9,12)(H,10,11);1H4;1H3;/t29-,31?,32-,34-;20?,22-;5-;;;/m001.../s1/i;;;;1T2;. The van der Waals surface area contributed by atoms with Crippen molar-refractivity contribution in [2.75, 3.05) is 34.4 Å². The maximum absolute atomic E-state index is 13.8. The molecule has 7 atom stereocenters. The van der Waals surface area contributed by atoms with Gasteiger partial charge in [-0.3, -0.25) is 35.6 Å². The Hall–Kier alpha value is -7.16. The Balaban J connectivity index is 0.000000847. The van der Waals surface area contributed by atoms with Crippen LogP contribution >= 0.6 is 9.79 Å². The number of methoxy groups -OCH3 is 3. The van der Waals surface area contributed by atoms with E-state index in [-0.39, 0.29) is 70.5 Å². The van der Waals surface area contributed by atoms with E-state index in [1.165, 1.54) is 21.3 Å². The number of alkyl carbamates (subject to hydrolysis) is 2. The molecular formula is C70H101N10O12PU. The molecule has 0 aliphatic heterocycles. The van der Waals surface area contributed by atoms with Gasteiger partial charge >= 0.3 is 24.1 Å². The molecule has 2 heterocycles.